The van der Waals surface area contributed by atoms with Gasteiger partial charge in [-0.25, -0.2) is 4.98 Å². The van der Waals surface area contributed by atoms with E-state index in [-0.39, 0.29) is 17.9 Å². The minimum Gasteiger partial charge on any atom is -0.492 e. The first-order chi connectivity index (χ1) is 16.0. The van der Waals surface area contributed by atoms with Gasteiger partial charge in [-0.1, -0.05) is 42.0 Å². The van der Waals surface area contributed by atoms with Crippen molar-refractivity contribution in [1.29, 1.82) is 0 Å². The average molecular weight is 462 g/mol. The fourth-order valence-corrected chi connectivity index (χ4v) is 5.39. The van der Waals surface area contributed by atoms with E-state index in [1.54, 1.807) is 17.4 Å². The third-order valence-corrected chi connectivity index (χ3v) is 7.32. The van der Waals surface area contributed by atoms with Gasteiger partial charge in [-0.15, -0.1) is 11.3 Å². The third kappa shape index (κ3) is 4.25. The van der Waals surface area contributed by atoms with E-state index in [1.807, 2.05) is 49.1 Å². The molecule has 3 heterocycles. The van der Waals surface area contributed by atoms with Crippen molar-refractivity contribution in [3.05, 3.63) is 69.9 Å². The predicted octanol–water partition coefficient (Wildman–Crippen LogP) is 4.40. The number of hydrogen-bond acceptors (Lipinski definition) is 5. The monoisotopic (exact) mass is 461 g/mol. The second-order valence-corrected chi connectivity index (χ2v) is 9.88. The van der Waals surface area contributed by atoms with E-state index in [2.05, 4.69) is 16.4 Å². The standard InChI is InChI=1S/C26H27N3O3S/c1-16-6-3-8-19(14-16)24-22(28-17(2)33-24)26(31)29-12-11-20(29)15-27-25(30)21-10-4-7-18-9-5-13-32-23(18)21/h3-4,6-8,10,14,20H,5,9,11-13,15H2,1-2H3,(H,27,30). The van der Waals surface area contributed by atoms with Crippen LogP contribution in [-0.2, 0) is 6.42 Å². The van der Waals surface area contributed by atoms with E-state index in [9.17, 15) is 9.59 Å². The number of aryl methyl sites for hydroxylation is 3. The second-order valence-electron chi connectivity index (χ2n) is 8.68. The minimum absolute atomic E-state index is 0.0331. The number of likely N-dealkylation sites (tertiary alicyclic amines) is 1. The van der Waals surface area contributed by atoms with Gasteiger partial charge in [0.1, 0.15) is 11.4 Å². The predicted molar refractivity (Wildman–Crippen MR) is 129 cm³/mol. The van der Waals surface area contributed by atoms with Crippen molar-refractivity contribution in [1.82, 2.24) is 15.2 Å². The van der Waals surface area contributed by atoms with E-state index in [0.29, 0.717) is 36.7 Å². The number of nitrogens with one attached hydrogen (secondary N) is 1. The van der Waals surface area contributed by atoms with Crippen LogP contribution in [0, 0.1) is 13.8 Å². The van der Waals surface area contributed by atoms with Crippen LogP contribution in [0.2, 0.25) is 0 Å². The van der Waals surface area contributed by atoms with Gasteiger partial charge >= 0.3 is 0 Å². The van der Waals surface area contributed by atoms with Crippen LogP contribution in [-0.4, -0.2) is 47.4 Å². The Balaban J connectivity index is 1.28. The summed E-state index contributed by atoms with van der Waals surface area (Å²) in [6.45, 7) is 5.70. The van der Waals surface area contributed by atoms with Crippen LogP contribution in [0.15, 0.2) is 42.5 Å². The van der Waals surface area contributed by atoms with Crippen molar-refractivity contribution in [2.75, 3.05) is 19.7 Å². The molecule has 2 aliphatic heterocycles. The van der Waals surface area contributed by atoms with Crippen molar-refractivity contribution in [2.45, 2.75) is 39.2 Å². The fourth-order valence-electron chi connectivity index (χ4n) is 4.48. The molecule has 3 aromatic rings. The maximum atomic E-state index is 13.4. The number of carbonyl (C=O) groups excluding carboxylic acids is 2. The van der Waals surface area contributed by atoms with E-state index in [4.69, 9.17) is 4.74 Å². The minimum atomic E-state index is -0.155. The van der Waals surface area contributed by atoms with Gasteiger partial charge < -0.3 is 15.0 Å². The zero-order chi connectivity index (χ0) is 22.9. The number of hydrogen-bond donors (Lipinski definition) is 1. The lowest BCUT2D eigenvalue weighted by Crippen LogP contribution is -2.56. The number of carbonyl (C=O) groups is 2. The van der Waals surface area contributed by atoms with Gasteiger partial charge in [0.25, 0.3) is 11.8 Å². The number of aromatic nitrogens is 1. The molecule has 170 valence electrons. The van der Waals surface area contributed by atoms with Gasteiger partial charge in [-0.3, -0.25) is 9.59 Å². The number of thiazole rings is 1. The molecule has 2 aliphatic rings. The van der Waals surface area contributed by atoms with E-state index >= 15 is 0 Å². The zero-order valence-corrected chi connectivity index (χ0v) is 19.7. The molecule has 0 saturated carbocycles. The Morgan fingerprint density at radius 1 is 1.21 bits per heavy atom. The van der Waals surface area contributed by atoms with Gasteiger partial charge in [-0.2, -0.15) is 0 Å². The van der Waals surface area contributed by atoms with Crippen molar-refractivity contribution in [2.24, 2.45) is 0 Å². The maximum Gasteiger partial charge on any atom is 0.274 e. The van der Waals surface area contributed by atoms with Gasteiger partial charge in [0.15, 0.2) is 0 Å². The highest BCUT2D eigenvalue weighted by molar-refractivity contribution is 7.15. The molecule has 2 amide bonds. The largest absolute Gasteiger partial charge is 0.492 e. The maximum absolute atomic E-state index is 13.4. The van der Waals surface area contributed by atoms with E-state index in [1.165, 1.54) is 0 Å². The normalized spacial score (nSPS) is 17.0. The number of ether oxygens (including phenoxy) is 1. The number of amides is 2. The van der Waals surface area contributed by atoms with Gasteiger partial charge in [0, 0.05) is 13.1 Å². The molecule has 6 nitrogen and oxygen atoms in total. The van der Waals surface area contributed by atoms with Crippen LogP contribution in [0.25, 0.3) is 10.4 Å². The summed E-state index contributed by atoms with van der Waals surface area (Å²) in [5.74, 6) is 0.475. The van der Waals surface area contributed by atoms with Gasteiger partial charge in [0.2, 0.25) is 0 Å². The topological polar surface area (TPSA) is 71.5 Å². The van der Waals surface area contributed by atoms with Crippen LogP contribution >= 0.6 is 11.3 Å². The van der Waals surface area contributed by atoms with Crippen LogP contribution in [0.3, 0.4) is 0 Å². The summed E-state index contributed by atoms with van der Waals surface area (Å²) in [7, 11) is 0. The van der Waals surface area contributed by atoms with Crippen LogP contribution in [0.4, 0.5) is 0 Å². The Hall–Kier alpha value is -3.19. The van der Waals surface area contributed by atoms with Crippen molar-refractivity contribution in [3.8, 4) is 16.2 Å². The number of benzene rings is 2. The van der Waals surface area contributed by atoms with Crippen LogP contribution in [0.5, 0.6) is 5.75 Å². The average Bonchev–Trinajstić information content (AvgIpc) is 3.20. The molecule has 1 fully saturated rings. The van der Waals surface area contributed by atoms with Gasteiger partial charge in [-0.05, 0) is 50.3 Å². The lowest BCUT2D eigenvalue weighted by atomic mass is 10.00. The van der Waals surface area contributed by atoms with Crippen molar-refractivity contribution in [3.63, 3.8) is 0 Å². The Kier molecular flexibility index (Phi) is 5.89. The molecule has 1 saturated heterocycles. The first-order valence-corrected chi connectivity index (χ1v) is 12.2. The highest BCUT2D eigenvalue weighted by Crippen LogP contribution is 2.33. The molecule has 0 aliphatic carbocycles. The summed E-state index contributed by atoms with van der Waals surface area (Å²) in [6.07, 6.45) is 2.76. The molecular weight excluding hydrogens is 434 g/mol. The Bertz CT molecular complexity index is 1220. The highest BCUT2D eigenvalue weighted by Gasteiger charge is 2.35. The lowest BCUT2D eigenvalue weighted by Gasteiger charge is -2.40. The summed E-state index contributed by atoms with van der Waals surface area (Å²) < 4.78 is 5.77. The Labute approximate surface area is 197 Å². The molecule has 2 aromatic carbocycles. The number of fused-ring (bicyclic) bond motifs is 1. The molecule has 0 bridgehead atoms. The SMILES string of the molecule is Cc1cccc(-c2sc(C)nc2C(=O)N2CCC2CNC(=O)c2cccc3c2OCCC3)c1. The van der Waals surface area contributed by atoms with Crippen LogP contribution < -0.4 is 10.1 Å². The summed E-state index contributed by atoms with van der Waals surface area (Å²) in [4.78, 5) is 33.5. The van der Waals surface area contributed by atoms with Gasteiger partial charge in [0.05, 0.1) is 28.1 Å². The number of rotatable bonds is 5. The molecule has 0 spiro atoms. The molecule has 1 N–H and O–H groups in total. The summed E-state index contributed by atoms with van der Waals surface area (Å²) in [6, 6.07) is 13.8. The molecule has 0 radical (unpaired) electrons. The molecular formula is C26H27N3O3S. The number of para-hydroxylation sites is 1. The molecule has 7 heteroatoms. The van der Waals surface area contributed by atoms with E-state index < -0.39 is 0 Å². The Morgan fingerprint density at radius 3 is 2.85 bits per heavy atom. The Morgan fingerprint density at radius 2 is 2.06 bits per heavy atom. The second kappa shape index (κ2) is 8.98. The highest BCUT2D eigenvalue weighted by atomic mass is 32.1. The molecule has 1 atom stereocenters. The van der Waals surface area contributed by atoms with Crippen molar-refractivity contribution >= 4 is 23.2 Å². The molecule has 1 aromatic heterocycles. The third-order valence-electron chi connectivity index (χ3n) is 6.30. The summed E-state index contributed by atoms with van der Waals surface area (Å²) >= 11 is 1.54. The zero-order valence-electron chi connectivity index (χ0n) is 18.9. The number of nitrogens with zero attached hydrogens (tertiary/aromatic N) is 2. The smallest absolute Gasteiger partial charge is 0.274 e. The lowest BCUT2D eigenvalue weighted by molar-refractivity contribution is 0.0451. The summed E-state index contributed by atoms with van der Waals surface area (Å²) in [5, 5.41) is 3.89. The van der Waals surface area contributed by atoms with Crippen LogP contribution in [0.1, 0.15) is 49.8 Å². The van der Waals surface area contributed by atoms with Crippen molar-refractivity contribution < 1.29 is 14.3 Å². The fraction of sp³-hybridized carbons (Fsp3) is 0.346. The quantitative estimate of drug-likeness (QED) is 0.612. The molecule has 5 rings (SSSR count). The first-order valence-electron chi connectivity index (χ1n) is 11.4. The van der Waals surface area contributed by atoms with E-state index in [0.717, 1.165) is 45.8 Å². The first kappa shape index (κ1) is 21.6. The summed E-state index contributed by atoms with van der Waals surface area (Å²) in [5.41, 5.74) is 4.32. The molecule has 33 heavy (non-hydrogen) atoms. The molecule has 1 unspecified atom stereocenters.